The molecule has 2 atom stereocenters. The van der Waals surface area contributed by atoms with Crippen molar-refractivity contribution in [1.82, 2.24) is 10.3 Å². The van der Waals surface area contributed by atoms with Crippen LogP contribution in [0.1, 0.15) is 29.2 Å². The van der Waals surface area contributed by atoms with Crippen LogP contribution < -0.4 is 5.32 Å². The Bertz CT molecular complexity index is 522. The number of aryl methyl sites for hydroxylation is 1. The van der Waals surface area contributed by atoms with Crippen LogP contribution in [0.3, 0.4) is 0 Å². The number of hydrogen-bond donors (Lipinski definition) is 1. The average molecular weight is 238 g/mol. The molecule has 0 aliphatic heterocycles. The minimum absolute atomic E-state index is 0.619. The maximum atomic E-state index is 4.41. The van der Waals surface area contributed by atoms with E-state index in [1.165, 1.54) is 17.5 Å². The highest BCUT2D eigenvalue weighted by Gasteiger charge is 2.37. The summed E-state index contributed by atoms with van der Waals surface area (Å²) in [5.74, 6) is 0.690. The summed E-state index contributed by atoms with van der Waals surface area (Å²) in [7, 11) is 0. The van der Waals surface area contributed by atoms with Crippen molar-refractivity contribution in [3.05, 3.63) is 65.5 Å². The Morgan fingerprint density at radius 2 is 2.00 bits per heavy atom. The van der Waals surface area contributed by atoms with Crippen molar-refractivity contribution >= 4 is 0 Å². The van der Waals surface area contributed by atoms with Crippen LogP contribution in [0.25, 0.3) is 0 Å². The van der Waals surface area contributed by atoms with E-state index in [2.05, 4.69) is 53.6 Å². The molecule has 1 N–H and O–H groups in total. The van der Waals surface area contributed by atoms with Crippen molar-refractivity contribution in [3.8, 4) is 0 Å². The molecule has 1 aromatic carbocycles. The topological polar surface area (TPSA) is 24.9 Å². The van der Waals surface area contributed by atoms with Gasteiger partial charge in [-0.3, -0.25) is 4.98 Å². The van der Waals surface area contributed by atoms with Crippen molar-refractivity contribution in [3.63, 3.8) is 0 Å². The van der Waals surface area contributed by atoms with Gasteiger partial charge in [0.1, 0.15) is 0 Å². The Hall–Kier alpha value is -1.67. The van der Waals surface area contributed by atoms with Gasteiger partial charge in [-0.25, -0.2) is 0 Å². The summed E-state index contributed by atoms with van der Waals surface area (Å²) in [6.07, 6.45) is 3.11. The summed E-state index contributed by atoms with van der Waals surface area (Å²) < 4.78 is 0. The number of nitrogens with zero attached hydrogens (tertiary/aromatic N) is 1. The van der Waals surface area contributed by atoms with Crippen LogP contribution in [0.4, 0.5) is 0 Å². The van der Waals surface area contributed by atoms with Crippen molar-refractivity contribution in [2.45, 2.75) is 31.8 Å². The van der Waals surface area contributed by atoms with E-state index < -0.39 is 0 Å². The van der Waals surface area contributed by atoms with E-state index in [1.807, 2.05) is 12.3 Å². The first-order valence-electron chi connectivity index (χ1n) is 6.53. The van der Waals surface area contributed by atoms with Crippen molar-refractivity contribution in [1.29, 1.82) is 0 Å². The Labute approximate surface area is 108 Å². The molecule has 2 heteroatoms. The van der Waals surface area contributed by atoms with Crippen molar-refractivity contribution < 1.29 is 0 Å². The zero-order valence-corrected chi connectivity index (χ0v) is 10.6. The molecule has 18 heavy (non-hydrogen) atoms. The summed E-state index contributed by atoms with van der Waals surface area (Å²) in [4.78, 5) is 4.41. The largest absolute Gasteiger partial charge is 0.308 e. The maximum absolute atomic E-state index is 4.41. The van der Waals surface area contributed by atoms with Gasteiger partial charge in [0.2, 0.25) is 0 Å². The van der Waals surface area contributed by atoms with Gasteiger partial charge in [0.15, 0.2) is 0 Å². The molecule has 0 radical (unpaired) electrons. The number of benzene rings is 1. The molecule has 0 saturated heterocycles. The highest BCUT2D eigenvalue weighted by molar-refractivity contribution is 5.28. The maximum Gasteiger partial charge on any atom is 0.0570 e. The molecule has 92 valence electrons. The fourth-order valence-electron chi connectivity index (χ4n) is 2.42. The quantitative estimate of drug-likeness (QED) is 0.885. The predicted octanol–water partition coefficient (Wildman–Crippen LogP) is 3.04. The van der Waals surface area contributed by atoms with Crippen LogP contribution >= 0.6 is 0 Å². The second-order valence-corrected chi connectivity index (χ2v) is 5.01. The molecule has 0 amide bonds. The minimum Gasteiger partial charge on any atom is -0.308 e. The third kappa shape index (κ3) is 2.44. The third-order valence-electron chi connectivity index (χ3n) is 3.67. The van der Waals surface area contributed by atoms with E-state index in [9.17, 15) is 0 Å². The first kappa shape index (κ1) is 11.4. The van der Waals surface area contributed by atoms with Crippen LogP contribution in [0.15, 0.2) is 48.7 Å². The Kier molecular flexibility index (Phi) is 3.11. The zero-order valence-electron chi connectivity index (χ0n) is 10.6. The fourth-order valence-corrected chi connectivity index (χ4v) is 2.42. The average Bonchev–Trinajstić information content (AvgIpc) is 3.18. The summed E-state index contributed by atoms with van der Waals surface area (Å²) in [5.41, 5.74) is 3.88. The minimum atomic E-state index is 0.619. The van der Waals surface area contributed by atoms with Gasteiger partial charge < -0.3 is 5.32 Å². The normalized spacial score (nSPS) is 21.8. The monoisotopic (exact) mass is 238 g/mol. The van der Waals surface area contributed by atoms with E-state index in [-0.39, 0.29) is 0 Å². The lowest BCUT2D eigenvalue weighted by Crippen LogP contribution is -2.18. The molecule has 3 rings (SSSR count). The van der Waals surface area contributed by atoms with Gasteiger partial charge in [-0.15, -0.1) is 0 Å². The van der Waals surface area contributed by atoms with E-state index in [0.717, 1.165) is 12.2 Å². The molecule has 1 fully saturated rings. The summed E-state index contributed by atoms with van der Waals surface area (Å²) in [5, 5.41) is 3.60. The zero-order chi connectivity index (χ0) is 12.4. The predicted molar refractivity (Wildman–Crippen MR) is 73.4 cm³/mol. The highest BCUT2D eigenvalue weighted by Crippen LogP contribution is 2.40. The molecule has 2 unspecified atom stereocenters. The van der Waals surface area contributed by atoms with E-state index in [4.69, 9.17) is 0 Å². The lowest BCUT2D eigenvalue weighted by molar-refractivity contribution is 0.658. The van der Waals surface area contributed by atoms with Crippen molar-refractivity contribution in [2.24, 2.45) is 0 Å². The standard InChI is InChI=1S/C16H18N2/c1-12-6-5-9-17-16(12)11-18-15-10-14(15)13-7-3-2-4-8-13/h2-9,14-15,18H,10-11H2,1H3. The van der Waals surface area contributed by atoms with Gasteiger partial charge in [0, 0.05) is 24.7 Å². The van der Waals surface area contributed by atoms with Crippen LogP contribution in [0.5, 0.6) is 0 Å². The second kappa shape index (κ2) is 4.91. The lowest BCUT2D eigenvalue weighted by Gasteiger charge is -2.06. The summed E-state index contributed by atoms with van der Waals surface area (Å²) >= 11 is 0. The molecule has 1 saturated carbocycles. The molecule has 0 spiro atoms. The third-order valence-corrected chi connectivity index (χ3v) is 3.67. The van der Waals surface area contributed by atoms with Gasteiger partial charge in [-0.05, 0) is 30.5 Å². The molecule has 0 bridgehead atoms. The molecule has 2 aromatic rings. The second-order valence-electron chi connectivity index (χ2n) is 5.01. The highest BCUT2D eigenvalue weighted by atomic mass is 15.0. The van der Waals surface area contributed by atoms with Crippen molar-refractivity contribution in [2.75, 3.05) is 0 Å². The Balaban J connectivity index is 1.56. The fraction of sp³-hybridized carbons (Fsp3) is 0.312. The van der Waals surface area contributed by atoms with Crippen LogP contribution in [-0.4, -0.2) is 11.0 Å². The number of pyridine rings is 1. The SMILES string of the molecule is Cc1cccnc1CNC1CC1c1ccccc1. The molecule has 1 aliphatic rings. The van der Waals surface area contributed by atoms with Gasteiger partial charge in [0.05, 0.1) is 5.69 Å². The Morgan fingerprint density at radius 3 is 2.78 bits per heavy atom. The molecule has 2 nitrogen and oxygen atoms in total. The van der Waals surface area contributed by atoms with E-state index in [1.54, 1.807) is 0 Å². The molecular weight excluding hydrogens is 220 g/mol. The smallest absolute Gasteiger partial charge is 0.0570 e. The number of nitrogens with one attached hydrogen (secondary N) is 1. The summed E-state index contributed by atoms with van der Waals surface area (Å²) in [6.45, 7) is 2.99. The molecule has 1 aromatic heterocycles. The van der Waals surface area contributed by atoms with E-state index in [0.29, 0.717) is 12.0 Å². The number of hydrogen-bond acceptors (Lipinski definition) is 2. The van der Waals surface area contributed by atoms with E-state index >= 15 is 0 Å². The number of rotatable bonds is 4. The lowest BCUT2D eigenvalue weighted by atomic mass is 10.1. The molecule has 1 heterocycles. The Morgan fingerprint density at radius 1 is 1.17 bits per heavy atom. The molecular formula is C16H18N2. The van der Waals surface area contributed by atoms with Crippen LogP contribution in [0.2, 0.25) is 0 Å². The molecule has 1 aliphatic carbocycles. The van der Waals surface area contributed by atoms with Gasteiger partial charge >= 0.3 is 0 Å². The first-order valence-corrected chi connectivity index (χ1v) is 6.53. The van der Waals surface area contributed by atoms with Gasteiger partial charge in [-0.1, -0.05) is 36.4 Å². The summed E-state index contributed by atoms with van der Waals surface area (Å²) in [6, 6.07) is 15.5. The van der Waals surface area contributed by atoms with Gasteiger partial charge in [-0.2, -0.15) is 0 Å². The first-order chi connectivity index (χ1) is 8.84. The van der Waals surface area contributed by atoms with Crippen LogP contribution in [0, 0.1) is 6.92 Å². The van der Waals surface area contributed by atoms with Crippen LogP contribution in [-0.2, 0) is 6.54 Å². The van der Waals surface area contributed by atoms with Gasteiger partial charge in [0.25, 0.3) is 0 Å². The number of aromatic nitrogens is 1.